The first-order valence-corrected chi connectivity index (χ1v) is 5.34. The Hall–Kier alpha value is 0. The van der Waals surface area contributed by atoms with Crippen molar-refractivity contribution in [1.29, 1.82) is 0 Å². The lowest BCUT2D eigenvalue weighted by atomic mass is 9.80. The Morgan fingerprint density at radius 2 is 1.64 bits per heavy atom. The molecular weight excluding hydrogens is 132 g/mol. The van der Waals surface area contributed by atoms with Crippen LogP contribution in [0.5, 0.6) is 0 Å². The molecule has 0 amide bonds. The number of hydrogen-bond donors (Lipinski definition) is 0. The lowest BCUT2D eigenvalue weighted by Crippen LogP contribution is -2.12. The molecule has 3 unspecified atom stereocenters. The summed E-state index contributed by atoms with van der Waals surface area (Å²) >= 11 is 0. The van der Waals surface area contributed by atoms with Crippen molar-refractivity contribution in [3.05, 3.63) is 0 Å². The molecule has 2 aliphatic rings. The van der Waals surface area contributed by atoms with Crippen LogP contribution in [0.2, 0.25) is 0 Å². The number of rotatable bonds is 0. The Kier molecular flexibility index (Phi) is 2.20. The molecule has 0 N–H and O–H groups in total. The largest absolute Gasteiger partial charge is 0.0625 e. The van der Waals surface area contributed by atoms with Crippen LogP contribution in [0.3, 0.4) is 0 Å². The van der Waals surface area contributed by atoms with Crippen LogP contribution in [-0.4, -0.2) is 0 Å². The number of fused-ring (bicyclic) bond motifs is 2. The lowest BCUT2D eigenvalue weighted by molar-refractivity contribution is 0.266. The molecule has 2 aliphatic carbocycles. The van der Waals surface area contributed by atoms with Crippen LogP contribution >= 0.6 is 0 Å². The molecule has 0 heteroatoms. The van der Waals surface area contributed by atoms with Gasteiger partial charge in [-0.2, -0.15) is 0 Å². The molecule has 0 aromatic rings. The van der Waals surface area contributed by atoms with Gasteiger partial charge in [-0.05, 0) is 30.6 Å². The topological polar surface area (TPSA) is 0 Å². The number of hydrogen-bond acceptors (Lipinski definition) is 0. The van der Waals surface area contributed by atoms with Crippen LogP contribution in [0.4, 0.5) is 0 Å². The molecule has 3 atom stereocenters. The van der Waals surface area contributed by atoms with Gasteiger partial charge in [-0.1, -0.05) is 39.0 Å². The Balaban J connectivity index is 1.98. The highest BCUT2D eigenvalue weighted by Crippen LogP contribution is 2.39. The zero-order chi connectivity index (χ0) is 7.68. The fourth-order valence-electron chi connectivity index (χ4n) is 3.09. The highest BCUT2D eigenvalue weighted by Gasteiger charge is 2.26. The minimum Gasteiger partial charge on any atom is -0.0625 e. The zero-order valence-electron chi connectivity index (χ0n) is 7.68. The summed E-state index contributed by atoms with van der Waals surface area (Å²) in [5.74, 6) is 3.27. The van der Waals surface area contributed by atoms with Crippen molar-refractivity contribution in [1.82, 2.24) is 0 Å². The van der Waals surface area contributed by atoms with E-state index in [1.165, 1.54) is 25.7 Å². The van der Waals surface area contributed by atoms with Crippen LogP contribution in [0.1, 0.15) is 51.9 Å². The second-order valence-electron chi connectivity index (χ2n) is 4.82. The van der Waals surface area contributed by atoms with E-state index in [9.17, 15) is 0 Å². The van der Waals surface area contributed by atoms with E-state index in [-0.39, 0.29) is 0 Å². The van der Waals surface area contributed by atoms with Crippen LogP contribution in [0.25, 0.3) is 0 Å². The fourth-order valence-corrected chi connectivity index (χ4v) is 3.09. The summed E-state index contributed by atoms with van der Waals surface area (Å²) in [6, 6.07) is 0. The van der Waals surface area contributed by atoms with Crippen molar-refractivity contribution >= 4 is 0 Å². The predicted octanol–water partition coefficient (Wildman–Crippen LogP) is 3.61. The van der Waals surface area contributed by atoms with Gasteiger partial charge in [-0.15, -0.1) is 0 Å². The monoisotopic (exact) mass is 152 g/mol. The molecule has 0 saturated heterocycles. The molecular formula is C11H20. The predicted molar refractivity (Wildman–Crippen MR) is 48.5 cm³/mol. The standard InChI is InChI=1S/C11H20/c1-9-5-6-10-3-2-4-11(7-9)8-10/h9-11H,2-8H2,1H3. The highest BCUT2D eigenvalue weighted by molar-refractivity contribution is 4.78. The van der Waals surface area contributed by atoms with Gasteiger partial charge in [-0.3, -0.25) is 0 Å². The fraction of sp³-hybridized carbons (Fsp3) is 1.00. The summed E-state index contributed by atoms with van der Waals surface area (Å²) in [6.07, 6.45) is 10.8. The smallest absolute Gasteiger partial charge is 0.0409 e. The van der Waals surface area contributed by atoms with E-state index < -0.39 is 0 Å². The van der Waals surface area contributed by atoms with E-state index in [2.05, 4.69) is 6.92 Å². The van der Waals surface area contributed by atoms with E-state index >= 15 is 0 Å². The molecule has 0 aliphatic heterocycles. The third-order valence-corrected chi connectivity index (χ3v) is 3.69. The van der Waals surface area contributed by atoms with Gasteiger partial charge in [0, 0.05) is 0 Å². The first-order valence-electron chi connectivity index (χ1n) is 5.34. The van der Waals surface area contributed by atoms with Crippen molar-refractivity contribution in [2.24, 2.45) is 17.8 Å². The molecule has 0 nitrogen and oxygen atoms in total. The molecule has 11 heavy (non-hydrogen) atoms. The summed E-state index contributed by atoms with van der Waals surface area (Å²) in [5, 5.41) is 0. The Morgan fingerprint density at radius 3 is 2.55 bits per heavy atom. The second-order valence-corrected chi connectivity index (χ2v) is 4.82. The maximum absolute atomic E-state index is 2.45. The van der Waals surface area contributed by atoms with Gasteiger partial charge in [-0.25, -0.2) is 0 Å². The van der Waals surface area contributed by atoms with Crippen LogP contribution in [-0.2, 0) is 0 Å². The molecule has 0 spiro atoms. The maximum atomic E-state index is 2.45. The Bertz CT molecular complexity index is 126. The summed E-state index contributed by atoms with van der Waals surface area (Å²) < 4.78 is 0. The molecule has 0 heterocycles. The Morgan fingerprint density at radius 1 is 0.818 bits per heavy atom. The van der Waals surface area contributed by atoms with Crippen LogP contribution in [0, 0.1) is 17.8 Å². The maximum Gasteiger partial charge on any atom is -0.0409 e. The third-order valence-electron chi connectivity index (χ3n) is 3.69. The summed E-state index contributed by atoms with van der Waals surface area (Å²) in [4.78, 5) is 0. The van der Waals surface area contributed by atoms with E-state index in [1.807, 2.05) is 0 Å². The average Bonchev–Trinajstić information content (AvgIpc) is 2.12. The third kappa shape index (κ3) is 1.77. The van der Waals surface area contributed by atoms with Gasteiger partial charge in [0.1, 0.15) is 0 Å². The first kappa shape index (κ1) is 7.64. The molecule has 2 fully saturated rings. The van der Waals surface area contributed by atoms with Gasteiger partial charge >= 0.3 is 0 Å². The molecule has 2 saturated carbocycles. The quantitative estimate of drug-likeness (QED) is 0.497. The Labute approximate surface area is 70.4 Å². The van der Waals surface area contributed by atoms with Crippen LogP contribution < -0.4 is 0 Å². The van der Waals surface area contributed by atoms with Crippen LogP contribution in [0.15, 0.2) is 0 Å². The van der Waals surface area contributed by atoms with E-state index in [1.54, 1.807) is 19.3 Å². The molecule has 0 radical (unpaired) electrons. The zero-order valence-corrected chi connectivity index (χ0v) is 7.68. The summed E-state index contributed by atoms with van der Waals surface area (Å²) in [7, 11) is 0. The van der Waals surface area contributed by atoms with Gasteiger partial charge in [0.2, 0.25) is 0 Å². The van der Waals surface area contributed by atoms with Crippen molar-refractivity contribution in [2.45, 2.75) is 51.9 Å². The lowest BCUT2D eigenvalue weighted by Gasteiger charge is -2.25. The highest BCUT2D eigenvalue weighted by atomic mass is 14.3. The summed E-state index contributed by atoms with van der Waals surface area (Å²) in [5.41, 5.74) is 0. The van der Waals surface area contributed by atoms with Gasteiger partial charge in [0.15, 0.2) is 0 Å². The molecule has 2 bridgehead atoms. The van der Waals surface area contributed by atoms with Crippen molar-refractivity contribution < 1.29 is 0 Å². The molecule has 0 aromatic carbocycles. The van der Waals surface area contributed by atoms with Crippen molar-refractivity contribution in [3.63, 3.8) is 0 Å². The average molecular weight is 152 g/mol. The first-order chi connectivity index (χ1) is 5.34. The summed E-state index contributed by atoms with van der Waals surface area (Å²) in [6.45, 7) is 2.45. The normalized spacial score (nSPS) is 45.0. The molecule has 0 aromatic heterocycles. The second kappa shape index (κ2) is 3.16. The van der Waals surface area contributed by atoms with Gasteiger partial charge in [0.25, 0.3) is 0 Å². The van der Waals surface area contributed by atoms with Gasteiger partial charge in [0.05, 0.1) is 0 Å². The SMILES string of the molecule is CC1CCC2CCCC(C1)C2. The van der Waals surface area contributed by atoms with Crippen molar-refractivity contribution in [3.8, 4) is 0 Å². The van der Waals surface area contributed by atoms with Gasteiger partial charge < -0.3 is 0 Å². The molecule has 2 rings (SSSR count). The van der Waals surface area contributed by atoms with E-state index in [0.717, 1.165) is 17.8 Å². The van der Waals surface area contributed by atoms with E-state index in [0.29, 0.717) is 0 Å². The van der Waals surface area contributed by atoms with Crippen molar-refractivity contribution in [2.75, 3.05) is 0 Å². The minimum absolute atomic E-state index is 1.03. The molecule has 64 valence electrons. The van der Waals surface area contributed by atoms with E-state index in [4.69, 9.17) is 0 Å². The minimum atomic E-state index is 1.03.